The van der Waals surface area contributed by atoms with Crippen molar-refractivity contribution in [3.8, 4) is 0 Å². The molecule has 0 saturated heterocycles. The zero-order valence-corrected chi connectivity index (χ0v) is 17.0. The molecule has 0 fully saturated rings. The van der Waals surface area contributed by atoms with E-state index in [1.54, 1.807) is 6.92 Å². The predicted octanol–water partition coefficient (Wildman–Crippen LogP) is 2.92. The number of alkyl halides is 3. The van der Waals surface area contributed by atoms with Gasteiger partial charge in [-0.3, -0.25) is 10.1 Å². The fourth-order valence-corrected chi connectivity index (χ4v) is 2.76. The molecule has 0 saturated carbocycles. The van der Waals surface area contributed by atoms with Gasteiger partial charge in [-0.15, -0.1) is 0 Å². The van der Waals surface area contributed by atoms with Gasteiger partial charge in [-0.25, -0.2) is 4.99 Å². The van der Waals surface area contributed by atoms with Crippen LogP contribution in [0.3, 0.4) is 0 Å². The van der Waals surface area contributed by atoms with Crippen LogP contribution in [0.5, 0.6) is 0 Å². The minimum absolute atomic E-state index is 0.0348. The van der Waals surface area contributed by atoms with Crippen molar-refractivity contribution < 1.29 is 27.6 Å². The Morgan fingerprint density at radius 3 is 2.50 bits per heavy atom. The van der Waals surface area contributed by atoms with E-state index < -0.39 is 17.6 Å². The molecule has 5 nitrogen and oxygen atoms in total. The molecule has 1 amide bonds. The maximum Gasteiger partial charge on any atom is 0.416 e. The number of carbonyl (C=O) groups is 1. The highest BCUT2D eigenvalue weighted by molar-refractivity contribution is 6.04. The maximum absolute atomic E-state index is 12.8. The first-order valence-electron chi connectivity index (χ1n) is 9.73. The Morgan fingerprint density at radius 2 is 1.93 bits per heavy atom. The zero-order chi connectivity index (χ0) is 21.2. The van der Waals surface area contributed by atoms with Crippen LogP contribution in [0.2, 0.25) is 0 Å². The minimum Gasteiger partial charge on any atom is -0.465 e. The van der Waals surface area contributed by atoms with Crippen LogP contribution >= 0.6 is 0 Å². The molecule has 1 rings (SSSR count). The molecule has 28 heavy (non-hydrogen) atoms. The molecular formula is C20H31F3N3O2+. The molecule has 2 N–H and O–H groups in total. The fourth-order valence-electron chi connectivity index (χ4n) is 2.76. The van der Waals surface area contributed by atoms with Crippen molar-refractivity contribution in [3.05, 3.63) is 35.4 Å². The Bertz CT molecular complexity index is 644. The molecule has 0 spiro atoms. The fraction of sp³-hybridized carbons (Fsp3) is 0.600. The van der Waals surface area contributed by atoms with E-state index in [4.69, 9.17) is 4.74 Å². The third-order valence-corrected chi connectivity index (χ3v) is 4.44. The van der Waals surface area contributed by atoms with E-state index in [0.29, 0.717) is 0 Å². The summed E-state index contributed by atoms with van der Waals surface area (Å²) < 4.78 is 43.9. The zero-order valence-electron chi connectivity index (χ0n) is 17.0. The summed E-state index contributed by atoms with van der Waals surface area (Å²) in [6, 6.07) is 4.23. The van der Waals surface area contributed by atoms with Gasteiger partial charge in [0.25, 0.3) is 11.9 Å². The van der Waals surface area contributed by atoms with Gasteiger partial charge in [-0.05, 0) is 58.7 Å². The second-order valence-corrected chi connectivity index (χ2v) is 6.60. The number of rotatable bonds is 9. The van der Waals surface area contributed by atoms with E-state index in [-0.39, 0.29) is 24.2 Å². The van der Waals surface area contributed by atoms with Gasteiger partial charge in [-0.1, -0.05) is 6.07 Å². The Balaban J connectivity index is 2.75. The number of halogens is 3. The van der Waals surface area contributed by atoms with E-state index >= 15 is 0 Å². The summed E-state index contributed by atoms with van der Waals surface area (Å²) in [4.78, 5) is 18.2. The smallest absolute Gasteiger partial charge is 0.416 e. The van der Waals surface area contributed by atoms with Crippen LogP contribution in [0.4, 0.5) is 13.2 Å². The first-order valence-corrected chi connectivity index (χ1v) is 9.73. The average Bonchev–Trinajstić information content (AvgIpc) is 2.65. The van der Waals surface area contributed by atoms with Gasteiger partial charge < -0.3 is 9.64 Å². The summed E-state index contributed by atoms with van der Waals surface area (Å²) in [5, 5.41) is 2.48. The first-order chi connectivity index (χ1) is 13.2. The molecule has 0 aliphatic rings. The Kier molecular flexibility index (Phi) is 9.99. The topological polar surface area (TPSA) is 55.1 Å². The van der Waals surface area contributed by atoms with Crippen LogP contribution in [-0.2, 0) is 10.9 Å². The Hall–Kier alpha value is -2.09. The Morgan fingerprint density at radius 1 is 1.25 bits per heavy atom. The van der Waals surface area contributed by atoms with Crippen molar-refractivity contribution in [3.63, 3.8) is 0 Å². The molecule has 158 valence electrons. The number of aliphatic imine (C=N–C) groups is 1. The van der Waals surface area contributed by atoms with Crippen molar-refractivity contribution in [2.75, 3.05) is 26.2 Å². The highest BCUT2D eigenvalue weighted by Crippen LogP contribution is 2.29. The molecule has 1 aromatic rings. The molecule has 8 heteroatoms. The number of benzene rings is 1. The van der Waals surface area contributed by atoms with Gasteiger partial charge in [0.05, 0.1) is 37.8 Å². The third-order valence-electron chi connectivity index (χ3n) is 4.44. The van der Waals surface area contributed by atoms with Crippen molar-refractivity contribution in [1.29, 1.82) is 0 Å². The molecule has 0 radical (unpaired) electrons. The third kappa shape index (κ3) is 8.29. The van der Waals surface area contributed by atoms with Crippen LogP contribution in [0.25, 0.3) is 0 Å². The van der Waals surface area contributed by atoms with Crippen molar-refractivity contribution in [2.45, 2.75) is 52.8 Å². The molecule has 0 aliphatic carbocycles. The van der Waals surface area contributed by atoms with Gasteiger partial charge in [0.15, 0.2) is 0 Å². The van der Waals surface area contributed by atoms with Gasteiger partial charge >= 0.3 is 6.18 Å². The number of amidine groups is 1. The number of nitrogens with one attached hydrogen (secondary N) is 2. The lowest BCUT2D eigenvalue weighted by molar-refractivity contribution is -0.896. The second-order valence-electron chi connectivity index (χ2n) is 6.60. The molecule has 1 aromatic carbocycles. The molecule has 0 unspecified atom stereocenters. The number of nitrogens with zero attached hydrogens (tertiary/aromatic N) is 1. The van der Waals surface area contributed by atoms with E-state index in [2.05, 4.69) is 24.2 Å². The standard InChI is InChI=1S/C20H30F3N3O2/c1-5-26(6-2)13-9-10-15(4)24-19(28-7-3)25-18(27)16-11-8-12-17(14-16)20(21,22)23/h8,11-12,14-15H,5-7,9-10,13H2,1-4H3,(H,24,25,27)/p+1/t15-/m0/s1. The molecule has 1 atom stereocenters. The minimum atomic E-state index is -4.51. The number of hydrogen-bond donors (Lipinski definition) is 2. The van der Waals surface area contributed by atoms with E-state index in [1.807, 2.05) is 6.92 Å². The lowest BCUT2D eigenvalue weighted by Crippen LogP contribution is -3.11. The normalized spacial score (nSPS) is 13.5. The van der Waals surface area contributed by atoms with Crippen LogP contribution < -0.4 is 10.2 Å². The van der Waals surface area contributed by atoms with Crippen molar-refractivity contribution in [2.24, 2.45) is 4.99 Å². The summed E-state index contributed by atoms with van der Waals surface area (Å²) in [5.41, 5.74) is -0.970. The first kappa shape index (κ1) is 23.9. The predicted molar refractivity (Wildman–Crippen MR) is 104 cm³/mol. The summed E-state index contributed by atoms with van der Waals surface area (Å²) in [6.45, 7) is 11.5. The van der Waals surface area contributed by atoms with Crippen molar-refractivity contribution in [1.82, 2.24) is 5.32 Å². The quantitative estimate of drug-likeness (QED) is 0.493. The molecule has 0 aliphatic heterocycles. The van der Waals surface area contributed by atoms with Crippen LogP contribution in [0.15, 0.2) is 29.3 Å². The van der Waals surface area contributed by atoms with E-state index in [1.165, 1.54) is 17.0 Å². The second kappa shape index (κ2) is 11.7. The monoisotopic (exact) mass is 402 g/mol. The molecule has 0 aromatic heterocycles. The summed E-state index contributed by atoms with van der Waals surface area (Å²) in [7, 11) is 0. The highest BCUT2D eigenvalue weighted by Gasteiger charge is 2.31. The molecule has 0 heterocycles. The van der Waals surface area contributed by atoms with Gasteiger partial charge in [0, 0.05) is 5.56 Å². The van der Waals surface area contributed by atoms with Crippen LogP contribution in [0, 0.1) is 0 Å². The number of hydrogen-bond acceptors (Lipinski definition) is 3. The van der Waals surface area contributed by atoms with Crippen LogP contribution in [0.1, 0.15) is 56.5 Å². The van der Waals surface area contributed by atoms with Crippen molar-refractivity contribution >= 4 is 11.9 Å². The maximum atomic E-state index is 12.8. The van der Waals surface area contributed by atoms with Gasteiger partial charge in [0.1, 0.15) is 0 Å². The van der Waals surface area contributed by atoms with Crippen LogP contribution in [-0.4, -0.2) is 44.2 Å². The largest absolute Gasteiger partial charge is 0.465 e. The van der Waals surface area contributed by atoms with E-state index in [9.17, 15) is 18.0 Å². The summed E-state index contributed by atoms with van der Waals surface area (Å²) >= 11 is 0. The summed E-state index contributed by atoms with van der Waals surface area (Å²) in [6.07, 6.45) is -2.68. The van der Waals surface area contributed by atoms with E-state index in [0.717, 1.165) is 44.6 Å². The molecule has 0 bridgehead atoms. The molecular weight excluding hydrogens is 371 g/mol. The lowest BCUT2D eigenvalue weighted by atomic mass is 10.1. The number of carbonyl (C=O) groups excluding carboxylic acids is 1. The Labute approximate surface area is 165 Å². The number of quaternary nitrogens is 1. The average molecular weight is 402 g/mol. The van der Waals surface area contributed by atoms with Gasteiger partial charge in [-0.2, -0.15) is 13.2 Å². The van der Waals surface area contributed by atoms with Gasteiger partial charge in [0.2, 0.25) is 0 Å². The lowest BCUT2D eigenvalue weighted by Gasteiger charge is -2.16. The highest BCUT2D eigenvalue weighted by atomic mass is 19.4. The number of amides is 1. The summed E-state index contributed by atoms with van der Waals surface area (Å²) in [5.74, 6) is -0.682. The number of ether oxygens (including phenoxy) is 1. The SMILES string of the molecule is CCOC(=N[C@@H](C)CCC[NH+](CC)CC)NC(=O)c1cccc(C(F)(F)F)c1.